The Kier molecular flexibility index (Phi) is 4.16. The topological polar surface area (TPSA) is 36.8 Å². The Morgan fingerprint density at radius 3 is 2.00 bits per heavy atom. The molecule has 140 valence electrons. The van der Waals surface area contributed by atoms with Crippen molar-refractivity contribution in [2.24, 2.45) is 0 Å². The first kappa shape index (κ1) is 16.8. The van der Waals surface area contributed by atoms with Crippen LogP contribution in [-0.2, 0) is 12.8 Å². The molecule has 0 saturated carbocycles. The van der Waals surface area contributed by atoms with E-state index in [-0.39, 0.29) is 6.03 Å². The molecular formula is C23H28N3O+. The Morgan fingerprint density at radius 2 is 1.44 bits per heavy atom. The van der Waals surface area contributed by atoms with Gasteiger partial charge in [0.25, 0.3) is 0 Å². The fourth-order valence-corrected chi connectivity index (χ4v) is 5.44. The lowest BCUT2D eigenvalue weighted by Crippen LogP contribution is -3.15. The van der Waals surface area contributed by atoms with Crippen molar-refractivity contribution in [2.45, 2.75) is 56.7 Å². The number of aryl methyl sites for hydroxylation is 2. The summed E-state index contributed by atoms with van der Waals surface area (Å²) in [6.45, 7) is 0. The van der Waals surface area contributed by atoms with Gasteiger partial charge in [-0.2, -0.15) is 0 Å². The first-order valence-corrected chi connectivity index (χ1v) is 10.3. The molecule has 2 aromatic rings. The first-order chi connectivity index (χ1) is 13.2. The maximum Gasteiger partial charge on any atom is 0.326 e. The molecule has 2 N–H and O–H groups in total. The van der Waals surface area contributed by atoms with Crippen LogP contribution in [0, 0.1) is 0 Å². The number of nitrogens with zero attached hydrogens (tertiary/aromatic N) is 1. The van der Waals surface area contributed by atoms with Gasteiger partial charge in [0.1, 0.15) is 0 Å². The molecule has 4 nitrogen and oxygen atoms in total. The van der Waals surface area contributed by atoms with Crippen LogP contribution in [0.1, 0.15) is 36.8 Å². The van der Waals surface area contributed by atoms with Gasteiger partial charge in [-0.3, -0.25) is 4.90 Å². The largest absolute Gasteiger partial charge is 0.334 e. The zero-order valence-electron chi connectivity index (χ0n) is 15.9. The number of nitrogens with one attached hydrogen (secondary N) is 2. The van der Waals surface area contributed by atoms with Crippen LogP contribution in [0.4, 0.5) is 16.2 Å². The molecule has 27 heavy (non-hydrogen) atoms. The van der Waals surface area contributed by atoms with Gasteiger partial charge >= 0.3 is 6.03 Å². The monoisotopic (exact) mass is 362 g/mol. The van der Waals surface area contributed by atoms with Crippen molar-refractivity contribution in [3.63, 3.8) is 0 Å². The summed E-state index contributed by atoms with van der Waals surface area (Å²) in [5.41, 5.74) is 4.55. The van der Waals surface area contributed by atoms with Crippen molar-refractivity contribution >= 4 is 17.4 Å². The van der Waals surface area contributed by atoms with Crippen LogP contribution < -0.4 is 15.1 Å². The van der Waals surface area contributed by atoms with Crippen LogP contribution in [0.15, 0.2) is 48.5 Å². The number of piperidine rings is 1. The fraction of sp³-hybridized carbons (Fsp3) is 0.435. The second kappa shape index (κ2) is 6.68. The van der Waals surface area contributed by atoms with Crippen LogP contribution in [-0.4, -0.2) is 31.2 Å². The summed E-state index contributed by atoms with van der Waals surface area (Å²) in [5.74, 6) is 0. The summed E-state index contributed by atoms with van der Waals surface area (Å²) in [5, 5.41) is 3.39. The van der Waals surface area contributed by atoms with Crippen molar-refractivity contribution < 1.29 is 9.69 Å². The number of para-hydroxylation sites is 2. The van der Waals surface area contributed by atoms with Gasteiger partial charge < -0.3 is 10.2 Å². The van der Waals surface area contributed by atoms with Gasteiger partial charge in [0.05, 0.1) is 30.5 Å². The highest BCUT2D eigenvalue weighted by molar-refractivity contribution is 6.01. The van der Waals surface area contributed by atoms with Crippen LogP contribution in [0.3, 0.4) is 0 Å². The number of quaternary nitrogens is 1. The van der Waals surface area contributed by atoms with Gasteiger partial charge in [-0.05, 0) is 36.1 Å². The average molecular weight is 362 g/mol. The third kappa shape index (κ3) is 2.92. The van der Waals surface area contributed by atoms with Crippen LogP contribution in [0.25, 0.3) is 0 Å². The number of carbonyl (C=O) groups is 1. The molecule has 3 heterocycles. The molecule has 4 atom stereocenters. The number of fused-ring (bicyclic) bond motifs is 4. The fourth-order valence-electron chi connectivity index (χ4n) is 5.44. The number of hydrogen-bond donors (Lipinski definition) is 2. The number of anilines is 2. The zero-order valence-corrected chi connectivity index (χ0v) is 15.9. The van der Waals surface area contributed by atoms with Gasteiger partial charge in [-0.15, -0.1) is 0 Å². The maximum atomic E-state index is 13.5. The highest BCUT2D eigenvalue weighted by atomic mass is 16.2. The maximum absolute atomic E-state index is 13.5. The first-order valence-electron chi connectivity index (χ1n) is 10.3. The molecule has 2 aromatic carbocycles. The standard InChI is InChI=1S/C23H27N3O/c1-25-19-12-13-20(25)15-18(14-19)24-23(27)26-21-8-4-2-6-16(21)10-11-17-7-3-5-9-22(17)26/h2-9,18-20H,10-15H2,1H3,(H,24,27)/p+1/t18?,19-,20+. The van der Waals surface area contributed by atoms with E-state index in [0.717, 1.165) is 37.1 Å². The predicted octanol–water partition coefficient (Wildman–Crippen LogP) is 2.84. The van der Waals surface area contributed by atoms with E-state index < -0.39 is 0 Å². The minimum absolute atomic E-state index is 0.0285. The Bertz CT molecular complexity index is 803. The van der Waals surface area contributed by atoms with E-state index in [9.17, 15) is 4.79 Å². The smallest absolute Gasteiger partial charge is 0.326 e. The van der Waals surface area contributed by atoms with Gasteiger partial charge in [0.2, 0.25) is 0 Å². The lowest BCUT2D eigenvalue weighted by Gasteiger charge is -2.35. The van der Waals surface area contributed by atoms with E-state index in [1.807, 2.05) is 17.0 Å². The van der Waals surface area contributed by atoms with Crippen LogP contribution in [0.2, 0.25) is 0 Å². The molecule has 0 radical (unpaired) electrons. The zero-order chi connectivity index (χ0) is 18.4. The van der Waals surface area contributed by atoms with Crippen molar-refractivity contribution in [2.75, 3.05) is 11.9 Å². The Labute approximate surface area is 161 Å². The Morgan fingerprint density at radius 1 is 0.926 bits per heavy atom. The minimum Gasteiger partial charge on any atom is -0.334 e. The molecule has 4 heteroatoms. The average Bonchev–Trinajstić information content (AvgIpc) is 2.87. The predicted molar refractivity (Wildman–Crippen MR) is 108 cm³/mol. The molecule has 0 aromatic heterocycles. The molecule has 0 aliphatic carbocycles. The summed E-state index contributed by atoms with van der Waals surface area (Å²) < 4.78 is 0. The molecule has 2 bridgehead atoms. The highest BCUT2D eigenvalue weighted by Gasteiger charge is 2.43. The number of carbonyl (C=O) groups excluding carboxylic acids is 1. The van der Waals surface area contributed by atoms with E-state index in [2.05, 4.69) is 48.8 Å². The second-order valence-electron chi connectivity index (χ2n) is 8.43. The SMILES string of the molecule is C[NH+]1[C@@H]2CC[C@H]1CC(NC(=O)N1c3ccccc3CCc3ccccc31)C2. The van der Waals surface area contributed by atoms with Crippen LogP contribution >= 0.6 is 0 Å². The van der Waals surface area contributed by atoms with Gasteiger partial charge in [-0.1, -0.05) is 36.4 Å². The molecule has 2 saturated heterocycles. The van der Waals surface area contributed by atoms with E-state index in [1.54, 1.807) is 4.90 Å². The van der Waals surface area contributed by atoms with E-state index in [0.29, 0.717) is 18.1 Å². The molecule has 5 rings (SSSR count). The summed E-state index contributed by atoms with van der Waals surface area (Å²) >= 11 is 0. The van der Waals surface area contributed by atoms with Gasteiger partial charge in [0.15, 0.2) is 0 Å². The number of urea groups is 1. The quantitative estimate of drug-likeness (QED) is 0.804. The van der Waals surface area contributed by atoms with Crippen molar-refractivity contribution in [1.29, 1.82) is 0 Å². The number of amides is 2. The molecular weight excluding hydrogens is 334 g/mol. The molecule has 2 amide bonds. The molecule has 2 unspecified atom stereocenters. The molecule has 3 aliphatic rings. The van der Waals surface area contributed by atoms with Crippen molar-refractivity contribution in [3.05, 3.63) is 59.7 Å². The lowest BCUT2D eigenvalue weighted by molar-refractivity contribution is -0.922. The second-order valence-corrected chi connectivity index (χ2v) is 8.43. The van der Waals surface area contributed by atoms with E-state index in [1.165, 1.54) is 24.0 Å². The van der Waals surface area contributed by atoms with Gasteiger partial charge in [-0.25, -0.2) is 4.79 Å². The molecule has 2 fully saturated rings. The Hall–Kier alpha value is -2.33. The normalized spacial score (nSPS) is 28.9. The number of benzene rings is 2. The Balaban J connectivity index is 1.46. The summed E-state index contributed by atoms with van der Waals surface area (Å²) in [6.07, 6.45) is 6.75. The van der Waals surface area contributed by atoms with Gasteiger partial charge in [0, 0.05) is 31.7 Å². The molecule has 3 aliphatic heterocycles. The van der Waals surface area contributed by atoms with Crippen molar-refractivity contribution in [3.8, 4) is 0 Å². The summed E-state index contributed by atoms with van der Waals surface area (Å²) in [4.78, 5) is 17.1. The van der Waals surface area contributed by atoms with Crippen LogP contribution in [0.5, 0.6) is 0 Å². The summed E-state index contributed by atoms with van der Waals surface area (Å²) in [7, 11) is 2.32. The minimum atomic E-state index is 0.0285. The summed E-state index contributed by atoms with van der Waals surface area (Å²) in [6, 6.07) is 18.4. The lowest BCUT2D eigenvalue weighted by atomic mass is 9.98. The molecule has 0 spiro atoms. The highest BCUT2D eigenvalue weighted by Crippen LogP contribution is 2.36. The van der Waals surface area contributed by atoms with Crippen molar-refractivity contribution in [1.82, 2.24) is 5.32 Å². The number of rotatable bonds is 1. The van der Waals surface area contributed by atoms with E-state index in [4.69, 9.17) is 0 Å². The van der Waals surface area contributed by atoms with E-state index >= 15 is 0 Å². The third-order valence-electron chi connectivity index (χ3n) is 6.95. The third-order valence-corrected chi connectivity index (χ3v) is 6.95. The number of hydrogen-bond acceptors (Lipinski definition) is 1.